The molecular formula is C11H17NO4S. The predicted molar refractivity (Wildman–Crippen MR) is 63.7 cm³/mol. The van der Waals surface area contributed by atoms with Crippen LogP contribution in [0.15, 0.2) is 0 Å². The van der Waals surface area contributed by atoms with Crippen LogP contribution in [0.2, 0.25) is 0 Å². The van der Waals surface area contributed by atoms with Crippen molar-refractivity contribution in [3.63, 3.8) is 0 Å². The Balaban J connectivity index is 2.07. The van der Waals surface area contributed by atoms with Crippen molar-refractivity contribution in [1.29, 1.82) is 0 Å². The predicted octanol–water partition coefficient (Wildman–Crippen LogP) is 0.788. The number of rotatable bonds is 2. The van der Waals surface area contributed by atoms with Crippen molar-refractivity contribution in [2.75, 3.05) is 19.0 Å². The van der Waals surface area contributed by atoms with E-state index in [0.29, 0.717) is 31.8 Å². The topological polar surface area (TPSA) is 66.8 Å². The maximum atomic E-state index is 12.3. The second kappa shape index (κ2) is 5.27. The van der Waals surface area contributed by atoms with Gasteiger partial charge in [0.2, 0.25) is 5.91 Å². The molecule has 0 aromatic rings. The molecule has 2 fully saturated rings. The third-order valence-electron chi connectivity index (χ3n) is 3.33. The van der Waals surface area contributed by atoms with Crippen LogP contribution in [-0.2, 0) is 14.3 Å². The number of carboxylic acids is 1. The van der Waals surface area contributed by atoms with Gasteiger partial charge in [0, 0.05) is 24.9 Å². The van der Waals surface area contributed by atoms with E-state index in [4.69, 9.17) is 9.84 Å². The molecule has 6 heteroatoms. The van der Waals surface area contributed by atoms with Crippen LogP contribution >= 0.6 is 11.8 Å². The van der Waals surface area contributed by atoms with Crippen molar-refractivity contribution in [1.82, 2.24) is 4.90 Å². The van der Waals surface area contributed by atoms with Gasteiger partial charge in [-0.2, -0.15) is 0 Å². The third kappa shape index (κ3) is 2.57. The molecule has 1 amide bonds. The van der Waals surface area contributed by atoms with Crippen LogP contribution < -0.4 is 0 Å². The Morgan fingerprint density at radius 2 is 2.00 bits per heavy atom. The molecule has 0 aromatic carbocycles. The van der Waals surface area contributed by atoms with E-state index >= 15 is 0 Å². The number of carbonyl (C=O) groups excluding carboxylic acids is 1. The monoisotopic (exact) mass is 259 g/mol. The molecule has 2 heterocycles. The number of hydrogen-bond donors (Lipinski definition) is 1. The number of thioether (sulfide) groups is 1. The molecule has 0 saturated carbocycles. The number of hydrogen-bond acceptors (Lipinski definition) is 4. The molecule has 17 heavy (non-hydrogen) atoms. The second-order valence-electron chi connectivity index (χ2n) is 4.42. The fourth-order valence-corrected chi connectivity index (χ4v) is 3.50. The van der Waals surface area contributed by atoms with E-state index in [1.807, 2.05) is 6.92 Å². The summed E-state index contributed by atoms with van der Waals surface area (Å²) in [5.74, 6) is -0.488. The highest BCUT2D eigenvalue weighted by atomic mass is 32.2. The Morgan fingerprint density at radius 3 is 2.59 bits per heavy atom. The maximum Gasteiger partial charge on any atom is 0.327 e. The number of amides is 1. The average Bonchev–Trinajstić information content (AvgIpc) is 2.71. The first-order chi connectivity index (χ1) is 8.11. The lowest BCUT2D eigenvalue weighted by molar-refractivity contribution is -0.152. The SMILES string of the molecule is CC1SCC(C(=O)O)N1C(=O)C1CCOCC1. The zero-order valence-corrected chi connectivity index (χ0v) is 10.6. The summed E-state index contributed by atoms with van der Waals surface area (Å²) in [6.45, 7) is 3.10. The van der Waals surface area contributed by atoms with Crippen molar-refractivity contribution in [3.05, 3.63) is 0 Å². The van der Waals surface area contributed by atoms with E-state index in [2.05, 4.69) is 0 Å². The molecule has 2 saturated heterocycles. The maximum absolute atomic E-state index is 12.3. The minimum atomic E-state index is -0.901. The first-order valence-electron chi connectivity index (χ1n) is 5.85. The van der Waals surface area contributed by atoms with Crippen LogP contribution in [0.1, 0.15) is 19.8 Å². The summed E-state index contributed by atoms with van der Waals surface area (Å²) in [6, 6.07) is -0.662. The average molecular weight is 259 g/mol. The summed E-state index contributed by atoms with van der Waals surface area (Å²) >= 11 is 1.53. The fraction of sp³-hybridized carbons (Fsp3) is 0.818. The lowest BCUT2D eigenvalue weighted by atomic mass is 9.98. The molecule has 0 aliphatic carbocycles. The van der Waals surface area contributed by atoms with E-state index in [1.165, 1.54) is 11.8 Å². The van der Waals surface area contributed by atoms with Gasteiger partial charge >= 0.3 is 5.97 Å². The number of ether oxygens (including phenoxy) is 1. The fourth-order valence-electron chi connectivity index (χ4n) is 2.32. The van der Waals surface area contributed by atoms with Gasteiger partial charge in [-0.05, 0) is 19.8 Å². The first-order valence-corrected chi connectivity index (χ1v) is 6.90. The Morgan fingerprint density at radius 1 is 1.35 bits per heavy atom. The van der Waals surface area contributed by atoms with E-state index in [1.54, 1.807) is 4.90 Å². The summed E-state index contributed by atoms with van der Waals surface area (Å²) in [6.07, 6.45) is 1.41. The van der Waals surface area contributed by atoms with Gasteiger partial charge in [-0.1, -0.05) is 0 Å². The quantitative estimate of drug-likeness (QED) is 0.794. The smallest absolute Gasteiger partial charge is 0.327 e. The van der Waals surface area contributed by atoms with E-state index < -0.39 is 12.0 Å². The Hall–Kier alpha value is -0.750. The third-order valence-corrected chi connectivity index (χ3v) is 4.55. The molecule has 0 radical (unpaired) electrons. The zero-order chi connectivity index (χ0) is 12.4. The molecule has 2 rings (SSSR count). The van der Waals surface area contributed by atoms with Gasteiger partial charge in [-0.25, -0.2) is 4.79 Å². The Kier molecular flexibility index (Phi) is 3.93. The van der Waals surface area contributed by atoms with Crippen LogP contribution in [0.25, 0.3) is 0 Å². The van der Waals surface area contributed by atoms with E-state index in [-0.39, 0.29) is 17.2 Å². The molecule has 0 bridgehead atoms. The van der Waals surface area contributed by atoms with Crippen LogP contribution in [0.5, 0.6) is 0 Å². The Labute approximate surface area is 104 Å². The van der Waals surface area contributed by atoms with Gasteiger partial charge in [0.25, 0.3) is 0 Å². The van der Waals surface area contributed by atoms with Crippen molar-refractivity contribution in [3.8, 4) is 0 Å². The summed E-state index contributed by atoms with van der Waals surface area (Å²) in [4.78, 5) is 25.0. The van der Waals surface area contributed by atoms with Gasteiger partial charge in [-0.15, -0.1) is 11.8 Å². The molecule has 2 atom stereocenters. The van der Waals surface area contributed by atoms with Crippen LogP contribution in [-0.4, -0.2) is 52.3 Å². The first kappa shape index (κ1) is 12.7. The zero-order valence-electron chi connectivity index (χ0n) is 9.80. The lowest BCUT2D eigenvalue weighted by Crippen LogP contribution is -2.48. The molecule has 2 aliphatic heterocycles. The largest absolute Gasteiger partial charge is 0.480 e. The molecule has 0 spiro atoms. The normalized spacial score (nSPS) is 30.5. The van der Waals surface area contributed by atoms with Gasteiger partial charge in [0.15, 0.2) is 0 Å². The van der Waals surface area contributed by atoms with Crippen LogP contribution in [0, 0.1) is 5.92 Å². The van der Waals surface area contributed by atoms with Gasteiger partial charge in [0.05, 0.1) is 5.37 Å². The molecule has 0 aromatic heterocycles. The van der Waals surface area contributed by atoms with Crippen LogP contribution in [0.3, 0.4) is 0 Å². The molecule has 2 aliphatic rings. The van der Waals surface area contributed by atoms with Gasteiger partial charge < -0.3 is 14.7 Å². The van der Waals surface area contributed by atoms with E-state index in [0.717, 1.165) is 0 Å². The summed E-state index contributed by atoms with van der Waals surface area (Å²) in [5, 5.41) is 9.08. The standard InChI is InChI=1S/C11H17NO4S/c1-7-12(9(6-17-7)11(14)15)10(13)8-2-4-16-5-3-8/h7-9H,2-6H2,1H3,(H,14,15). The molecule has 5 nitrogen and oxygen atoms in total. The van der Waals surface area contributed by atoms with Crippen molar-refractivity contribution in [2.45, 2.75) is 31.2 Å². The highest BCUT2D eigenvalue weighted by Gasteiger charge is 2.41. The highest BCUT2D eigenvalue weighted by molar-refractivity contribution is 8.00. The number of nitrogens with zero attached hydrogens (tertiary/aromatic N) is 1. The minimum absolute atomic E-state index is 0.0156. The lowest BCUT2D eigenvalue weighted by Gasteiger charge is -2.31. The van der Waals surface area contributed by atoms with Crippen LogP contribution in [0.4, 0.5) is 0 Å². The summed E-state index contributed by atoms with van der Waals surface area (Å²) in [5.41, 5.74) is 0. The summed E-state index contributed by atoms with van der Waals surface area (Å²) < 4.78 is 5.22. The van der Waals surface area contributed by atoms with E-state index in [9.17, 15) is 9.59 Å². The molecule has 1 N–H and O–H groups in total. The van der Waals surface area contributed by atoms with Crippen molar-refractivity contribution < 1.29 is 19.4 Å². The van der Waals surface area contributed by atoms with Gasteiger partial charge in [0.1, 0.15) is 6.04 Å². The number of carbonyl (C=O) groups is 2. The summed E-state index contributed by atoms with van der Waals surface area (Å²) in [7, 11) is 0. The number of aliphatic carboxylic acids is 1. The highest BCUT2D eigenvalue weighted by Crippen LogP contribution is 2.32. The second-order valence-corrected chi connectivity index (χ2v) is 5.77. The molecule has 2 unspecified atom stereocenters. The minimum Gasteiger partial charge on any atom is -0.480 e. The molecular weight excluding hydrogens is 242 g/mol. The number of carboxylic acid groups (broad SMARTS) is 1. The Bertz CT molecular complexity index is 317. The van der Waals surface area contributed by atoms with Crippen molar-refractivity contribution >= 4 is 23.6 Å². The molecule has 96 valence electrons. The van der Waals surface area contributed by atoms with Crippen molar-refractivity contribution in [2.24, 2.45) is 5.92 Å². The van der Waals surface area contributed by atoms with Gasteiger partial charge in [-0.3, -0.25) is 4.79 Å².